The lowest BCUT2D eigenvalue weighted by molar-refractivity contribution is 0.0581. The Labute approximate surface area is 188 Å². The van der Waals surface area contributed by atoms with Crippen molar-refractivity contribution in [1.29, 1.82) is 5.26 Å². The topological polar surface area (TPSA) is 59.8 Å². The Balaban J connectivity index is 1.54. The number of carbonyl (C=O) groups is 1. The first-order chi connectivity index (χ1) is 15.1. The maximum atomic E-state index is 13.4. The second-order valence-electron chi connectivity index (χ2n) is 8.44. The maximum absolute atomic E-state index is 13.4. The van der Waals surface area contributed by atoms with Crippen LogP contribution in [0.4, 0.5) is 5.00 Å². The Bertz CT molecular complexity index is 923. The number of hydrogen-bond donors (Lipinski definition) is 0. The third-order valence-corrected chi connectivity index (χ3v) is 7.25. The molecule has 0 saturated carbocycles. The number of carbonyl (C=O) groups excluding carboxylic acids is 1. The summed E-state index contributed by atoms with van der Waals surface area (Å²) in [6.07, 6.45) is 0. The van der Waals surface area contributed by atoms with Crippen molar-refractivity contribution in [3.63, 3.8) is 0 Å². The Morgan fingerprint density at radius 2 is 1.74 bits per heavy atom. The van der Waals surface area contributed by atoms with Gasteiger partial charge in [0.15, 0.2) is 0 Å². The molecule has 0 N–H and O–H groups in total. The summed E-state index contributed by atoms with van der Waals surface area (Å²) in [4.78, 5) is 20.6. The molecule has 31 heavy (non-hydrogen) atoms. The van der Waals surface area contributed by atoms with Crippen molar-refractivity contribution in [3.8, 4) is 17.2 Å². The van der Waals surface area contributed by atoms with Gasteiger partial charge in [-0.3, -0.25) is 9.69 Å². The first kappa shape index (κ1) is 21.8. The highest BCUT2D eigenvalue weighted by atomic mass is 32.1. The lowest BCUT2D eigenvalue weighted by Crippen LogP contribution is -2.52. The number of rotatable bonds is 5. The molecular weight excluding hydrogens is 408 g/mol. The molecule has 0 aliphatic carbocycles. The summed E-state index contributed by atoms with van der Waals surface area (Å²) < 4.78 is 5.53. The van der Waals surface area contributed by atoms with Crippen LogP contribution in [0.3, 0.4) is 0 Å². The van der Waals surface area contributed by atoms with Crippen LogP contribution in [0.2, 0.25) is 0 Å². The predicted octanol–water partition coefficient (Wildman–Crippen LogP) is 3.56. The number of thiophene rings is 1. The second-order valence-corrected chi connectivity index (χ2v) is 9.47. The van der Waals surface area contributed by atoms with Gasteiger partial charge >= 0.3 is 0 Å². The van der Waals surface area contributed by atoms with Crippen LogP contribution in [-0.4, -0.2) is 74.2 Å². The van der Waals surface area contributed by atoms with E-state index in [4.69, 9.17) is 4.74 Å². The molecule has 2 saturated heterocycles. The number of anilines is 1. The van der Waals surface area contributed by atoms with E-state index in [1.165, 1.54) is 0 Å². The monoisotopic (exact) mass is 438 g/mol. The lowest BCUT2D eigenvalue weighted by Gasteiger charge is -2.38. The van der Waals surface area contributed by atoms with Gasteiger partial charge in [-0.05, 0) is 17.5 Å². The fourth-order valence-corrected chi connectivity index (χ4v) is 5.52. The summed E-state index contributed by atoms with van der Waals surface area (Å²) in [7, 11) is 0. The highest BCUT2D eigenvalue weighted by Crippen LogP contribution is 2.40. The van der Waals surface area contributed by atoms with Crippen LogP contribution in [0, 0.1) is 17.2 Å². The first-order valence-corrected chi connectivity index (χ1v) is 11.8. The molecule has 6 nitrogen and oxygen atoms in total. The molecule has 3 heterocycles. The molecule has 4 rings (SSSR count). The summed E-state index contributed by atoms with van der Waals surface area (Å²) in [6, 6.07) is 14.7. The minimum absolute atomic E-state index is 0.0865. The second kappa shape index (κ2) is 9.82. The smallest absolute Gasteiger partial charge is 0.264 e. The van der Waals surface area contributed by atoms with Gasteiger partial charge < -0.3 is 14.5 Å². The first-order valence-electron chi connectivity index (χ1n) is 11.0. The number of nitriles is 1. The molecule has 7 heteroatoms. The van der Waals surface area contributed by atoms with Crippen LogP contribution < -0.4 is 4.90 Å². The van der Waals surface area contributed by atoms with E-state index in [-0.39, 0.29) is 17.9 Å². The van der Waals surface area contributed by atoms with Crippen molar-refractivity contribution >= 4 is 22.2 Å². The SMILES string of the molecule is CC(C)C(C#N)N1CCN(C(=O)c2cc(-c3ccccc3)c(N3CCOCC3)s2)CC1. The van der Waals surface area contributed by atoms with Crippen molar-refractivity contribution in [2.45, 2.75) is 19.9 Å². The van der Waals surface area contributed by atoms with Crippen molar-refractivity contribution in [2.75, 3.05) is 57.4 Å². The van der Waals surface area contributed by atoms with E-state index in [0.717, 1.165) is 47.2 Å². The normalized spacial score (nSPS) is 18.8. The average Bonchev–Trinajstić information content (AvgIpc) is 3.26. The third-order valence-electron chi connectivity index (χ3n) is 6.06. The van der Waals surface area contributed by atoms with E-state index in [1.54, 1.807) is 11.3 Å². The molecule has 0 radical (unpaired) electrons. The van der Waals surface area contributed by atoms with Gasteiger partial charge in [0.1, 0.15) is 6.04 Å². The zero-order chi connectivity index (χ0) is 21.8. The van der Waals surface area contributed by atoms with E-state index in [0.29, 0.717) is 26.3 Å². The van der Waals surface area contributed by atoms with Crippen molar-refractivity contribution < 1.29 is 9.53 Å². The molecule has 1 aromatic heterocycles. The van der Waals surface area contributed by atoms with E-state index in [2.05, 4.69) is 47.9 Å². The third kappa shape index (κ3) is 4.77. The fourth-order valence-electron chi connectivity index (χ4n) is 4.32. The Hall–Kier alpha value is -2.40. The van der Waals surface area contributed by atoms with Crippen LogP contribution in [0.25, 0.3) is 11.1 Å². The van der Waals surface area contributed by atoms with Gasteiger partial charge in [0.2, 0.25) is 0 Å². The molecule has 0 bridgehead atoms. The standard InChI is InChI=1S/C24H30N4O2S/c1-18(2)21(17-25)26-8-10-27(11-9-26)23(29)22-16-20(19-6-4-3-5-7-19)24(31-22)28-12-14-30-15-13-28/h3-7,16,18,21H,8-15H2,1-2H3. The van der Waals surface area contributed by atoms with Gasteiger partial charge in [0.05, 0.1) is 29.2 Å². The molecule has 1 amide bonds. The van der Waals surface area contributed by atoms with Gasteiger partial charge in [-0.2, -0.15) is 5.26 Å². The number of hydrogen-bond acceptors (Lipinski definition) is 6. The van der Waals surface area contributed by atoms with Gasteiger partial charge in [-0.15, -0.1) is 11.3 Å². The molecule has 0 spiro atoms. The number of ether oxygens (including phenoxy) is 1. The molecule has 164 valence electrons. The van der Waals surface area contributed by atoms with Gasteiger partial charge in [0.25, 0.3) is 5.91 Å². The van der Waals surface area contributed by atoms with Crippen LogP contribution in [0.5, 0.6) is 0 Å². The highest BCUT2D eigenvalue weighted by Gasteiger charge is 2.30. The lowest BCUT2D eigenvalue weighted by atomic mass is 10.0. The maximum Gasteiger partial charge on any atom is 0.264 e. The number of nitrogens with zero attached hydrogens (tertiary/aromatic N) is 4. The fraction of sp³-hybridized carbons (Fsp3) is 0.500. The van der Waals surface area contributed by atoms with Gasteiger partial charge in [-0.1, -0.05) is 44.2 Å². The molecule has 1 unspecified atom stereocenters. The van der Waals surface area contributed by atoms with Crippen LogP contribution in [0.15, 0.2) is 36.4 Å². The highest BCUT2D eigenvalue weighted by molar-refractivity contribution is 7.18. The van der Waals surface area contributed by atoms with E-state index >= 15 is 0 Å². The molecule has 2 fully saturated rings. The number of amides is 1. The average molecular weight is 439 g/mol. The Morgan fingerprint density at radius 3 is 2.35 bits per heavy atom. The van der Waals surface area contributed by atoms with Gasteiger partial charge in [0, 0.05) is 44.8 Å². The zero-order valence-electron chi connectivity index (χ0n) is 18.3. The molecule has 2 aliphatic rings. The molecular formula is C24H30N4O2S. The molecule has 1 aromatic carbocycles. The number of morpholine rings is 1. The number of piperazine rings is 1. The number of benzene rings is 1. The minimum Gasteiger partial charge on any atom is -0.378 e. The van der Waals surface area contributed by atoms with E-state index in [9.17, 15) is 10.1 Å². The van der Waals surface area contributed by atoms with Gasteiger partial charge in [-0.25, -0.2) is 0 Å². The minimum atomic E-state index is -0.0865. The summed E-state index contributed by atoms with van der Waals surface area (Å²) in [5.74, 6) is 0.383. The quantitative estimate of drug-likeness (QED) is 0.714. The molecule has 2 aliphatic heterocycles. The van der Waals surface area contributed by atoms with Crippen molar-refractivity contribution in [2.24, 2.45) is 5.92 Å². The molecule has 1 atom stereocenters. The summed E-state index contributed by atoms with van der Waals surface area (Å²) >= 11 is 1.59. The zero-order valence-corrected chi connectivity index (χ0v) is 19.1. The van der Waals surface area contributed by atoms with E-state index < -0.39 is 0 Å². The predicted molar refractivity (Wildman–Crippen MR) is 125 cm³/mol. The van der Waals surface area contributed by atoms with Crippen LogP contribution >= 0.6 is 11.3 Å². The largest absolute Gasteiger partial charge is 0.378 e. The van der Waals surface area contributed by atoms with Crippen LogP contribution in [0.1, 0.15) is 23.5 Å². The molecule has 2 aromatic rings. The van der Waals surface area contributed by atoms with Crippen molar-refractivity contribution in [1.82, 2.24) is 9.80 Å². The van der Waals surface area contributed by atoms with E-state index in [1.807, 2.05) is 23.1 Å². The summed E-state index contributed by atoms with van der Waals surface area (Å²) in [6.45, 7) is 10.1. The summed E-state index contributed by atoms with van der Waals surface area (Å²) in [5.41, 5.74) is 2.26. The Morgan fingerprint density at radius 1 is 1.06 bits per heavy atom. The Kier molecular flexibility index (Phi) is 6.91. The van der Waals surface area contributed by atoms with Crippen LogP contribution in [-0.2, 0) is 4.74 Å². The van der Waals surface area contributed by atoms with Crippen molar-refractivity contribution in [3.05, 3.63) is 41.3 Å². The summed E-state index contributed by atoms with van der Waals surface area (Å²) in [5, 5.41) is 10.6.